The summed E-state index contributed by atoms with van der Waals surface area (Å²) in [5.74, 6) is -0.0780. The Hall–Kier alpha value is -0.170. The molecular formula is C5H5IN2OS. The number of nitrogens with one attached hydrogen (secondary N) is 1. The minimum absolute atomic E-state index is 0.0780. The zero-order chi connectivity index (χ0) is 7.56. The van der Waals surface area contributed by atoms with Gasteiger partial charge in [0.1, 0.15) is 0 Å². The molecule has 0 atom stereocenters. The van der Waals surface area contributed by atoms with E-state index in [-0.39, 0.29) is 5.91 Å². The monoisotopic (exact) mass is 268 g/mol. The average molecular weight is 268 g/mol. The minimum Gasteiger partial charge on any atom is -0.302 e. The van der Waals surface area contributed by atoms with Crippen LogP contribution in [0.25, 0.3) is 0 Å². The normalized spacial score (nSPS) is 9.40. The molecule has 54 valence electrons. The number of hydrogen-bond donors (Lipinski definition) is 1. The Morgan fingerprint density at radius 2 is 2.60 bits per heavy atom. The Labute approximate surface area is 76.0 Å². The lowest BCUT2D eigenvalue weighted by Crippen LogP contribution is -2.04. The zero-order valence-corrected chi connectivity index (χ0v) is 8.19. The average Bonchev–Trinajstić information content (AvgIpc) is 2.13. The van der Waals surface area contributed by atoms with Crippen LogP contribution in [0.4, 0.5) is 5.13 Å². The Morgan fingerprint density at radius 1 is 1.90 bits per heavy atom. The number of carbonyl (C=O) groups excluding carboxylic acids is 1. The Balaban J connectivity index is 2.67. The second-order valence-corrected chi connectivity index (χ2v) is 4.58. The van der Waals surface area contributed by atoms with Crippen LogP contribution in [0.2, 0.25) is 0 Å². The summed E-state index contributed by atoms with van der Waals surface area (Å²) in [4.78, 5) is 14.4. The maximum atomic E-state index is 10.5. The number of aromatic nitrogens is 1. The molecule has 0 aromatic carbocycles. The molecule has 5 heteroatoms. The van der Waals surface area contributed by atoms with E-state index in [1.807, 2.05) is 0 Å². The summed E-state index contributed by atoms with van der Waals surface area (Å²) < 4.78 is 1.07. The second-order valence-electron chi connectivity index (χ2n) is 1.65. The van der Waals surface area contributed by atoms with Crippen LogP contribution in [0, 0.1) is 2.88 Å². The van der Waals surface area contributed by atoms with Crippen molar-refractivity contribution in [1.82, 2.24) is 4.98 Å². The molecular weight excluding hydrogens is 263 g/mol. The van der Waals surface area contributed by atoms with Gasteiger partial charge in [0.25, 0.3) is 0 Å². The van der Waals surface area contributed by atoms with Gasteiger partial charge in [0.2, 0.25) is 5.91 Å². The predicted molar refractivity (Wildman–Crippen MR) is 49.1 cm³/mol. The molecule has 0 fully saturated rings. The standard InChI is InChI=1S/C5H5IN2OS/c1-3(9)8-5-7-2-4(6)10-5/h2H,1H3,(H,7,8,9). The van der Waals surface area contributed by atoms with Crippen molar-refractivity contribution >= 4 is 45.0 Å². The van der Waals surface area contributed by atoms with E-state index < -0.39 is 0 Å². The van der Waals surface area contributed by atoms with Crippen LogP contribution in [0.1, 0.15) is 6.92 Å². The highest BCUT2D eigenvalue weighted by Crippen LogP contribution is 2.18. The van der Waals surface area contributed by atoms with E-state index in [1.165, 1.54) is 18.3 Å². The first-order valence-electron chi connectivity index (χ1n) is 2.57. The van der Waals surface area contributed by atoms with Crippen LogP contribution in [-0.2, 0) is 4.79 Å². The molecule has 0 aliphatic rings. The zero-order valence-electron chi connectivity index (χ0n) is 5.22. The topological polar surface area (TPSA) is 42.0 Å². The van der Waals surface area contributed by atoms with Gasteiger partial charge in [-0.05, 0) is 22.6 Å². The van der Waals surface area contributed by atoms with Gasteiger partial charge < -0.3 is 5.32 Å². The van der Waals surface area contributed by atoms with Crippen molar-refractivity contribution in [2.24, 2.45) is 0 Å². The highest BCUT2D eigenvalue weighted by molar-refractivity contribution is 14.1. The van der Waals surface area contributed by atoms with Gasteiger partial charge in [0, 0.05) is 6.92 Å². The van der Waals surface area contributed by atoms with Gasteiger partial charge in [-0.3, -0.25) is 4.79 Å². The maximum absolute atomic E-state index is 10.5. The Kier molecular flexibility index (Phi) is 2.61. The number of thiazole rings is 1. The van der Waals surface area contributed by atoms with E-state index in [9.17, 15) is 4.79 Å². The van der Waals surface area contributed by atoms with Crippen LogP contribution in [0.5, 0.6) is 0 Å². The lowest BCUT2D eigenvalue weighted by molar-refractivity contribution is -0.114. The van der Waals surface area contributed by atoms with Gasteiger partial charge in [0.15, 0.2) is 5.13 Å². The first-order valence-corrected chi connectivity index (χ1v) is 4.47. The van der Waals surface area contributed by atoms with Crippen molar-refractivity contribution in [2.75, 3.05) is 5.32 Å². The van der Waals surface area contributed by atoms with Gasteiger partial charge in [0.05, 0.1) is 9.08 Å². The molecule has 10 heavy (non-hydrogen) atoms. The summed E-state index contributed by atoms with van der Waals surface area (Å²) in [6.07, 6.45) is 1.72. The van der Waals surface area contributed by atoms with Crippen LogP contribution in [0.15, 0.2) is 6.20 Å². The molecule has 1 amide bonds. The molecule has 1 heterocycles. The van der Waals surface area contributed by atoms with Crippen molar-refractivity contribution < 1.29 is 4.79 Å². The number of halogens is 1. The second kappa shape index (κ2) is 3.29. The van der Waals surface area contributed by atoms with E-state index >= 15 is 0 Å². The van der Waals surface area contributed by atoms with Crippen molar-refractivity contribution in [3.8, 4) is 0 Å². The number of hydrogen-bond acceptors (Lipinski definition) is 3. The van der Waals surface area contributed by atoms with E-state index in [0.717, 1.165) is 2.88 Å². The number of rotatable bonds is 1. The molecule has 0 bridgehead atoms. The highest BCUT2D eigenvalue weighted by Gasteiger charge is 1.98. The number of amides is 1. The van der Waals surface area contributed by atoms with Gasteiger partial charge in [-0.15, -0.1) is 0 Å². The highest BCUT2D eigenvalue weighted by atomic mass is 127. The van der Waals surface area contributed by atoms with Crippen LogP contribution in [-0.4, -0.2) is 10.9 Å². The lowest BCUT2D eigenvalue weighted by atomic mass is 10.7. The molecule has 1 rings (SSSR count). The van der Waals surface area contributed by atoms with Crippen molar-refractivity contribution in [2.45, 2.75) is 6.92 Å². The van der Waals surface area contributed by atoms with E-state index in [4.69, 9.17) is 0 Å². The molecule has 3 nitrogen and oxygen atoms in total. The Bertz CT molecular complexity index is 248. The molecule has 1 aromatic heterocycles. The summed E-state index contributed by atoms with van der Waals surface area (Å²) in [7, 11) is 0. The third-order valence-corrected chi connectivity index (χ3v) is 2.40. The molecule has 0 unspecified atom stereocenters. The molecule has 1 N–H and O–H groups in total. The van der Waals surface area contributed by atoms with Gasteiger partial charge in [-0.25, -0.2) is 4.98 Å². The molecule has 1 aromatic rings. The fourth-order valence-corrected chi connectivity index (χ4v) is 1.82. The smallest absolute Gasteiger partial charge is 0.223 e. The summed E-state index contributed by atoms with van der Waals surface area (Å²) in [6, 6.07) is 0. The SMILES string of the molecule is CC(=O)Nc1ncc(I)s1. The summed E-state index contributed by atoms with van der Waals surface area (Å²) in [6.45, 7) is 1.47. The molecule has 0 aliphatic heterocycles. The lowest BCUT2D eigenvalue weighted by Gasteiger charge is -1.91. The number of carbonyl (C=O) groups is 1. The molecule has 0 aliphatic carbocycles. The molecule has 0 saturated carbocycles. The molecule has 0 radical (unpaired) electrons. The third kappa shape index (κ3) is 2.22. The van der Waals surface area contributed by atoms with Crippen molar-refractivity contribution in [3.63, 3.8) is 0 Å². The van der Waals surface area contributed by atoms with E-state index in [2.05, 4.69) is 32.9 Å². The van der Waals surface area contributed by atoms with Crippen molar-refractivity contribution in [1.29, 1.82) is 0 Å². The number of nitrogens with zero attached hydrogens (tertiary/aromatic N) is 1. The third-order valence-electron chi connectivity index (χ3n) is 0.760. The fourth-order valence-electron chi connectivity index (χ4n) is 0.463. The van der Waals surface area contributed by atoms with Gasteiger partial charge >= 0.3 is 0 Å². The molecule has 0 spiro atoms. The predicted octanol–water partition coefficient (Wildman–Crippen LogP) is 1.71. The summed E-state index contributed by atoms with van der Waals surface area (Å²) >= 11 is 3.61. The maximum Gasteiger partial charge on any atom is 0.223 e. The largest absolute Gasteiger partial charge is 0.302 e. The van der Waals surface area contributed by atoms with E-state index in [0.29, 0.717) is 5.13 Å². The Morgan fingerprint density at radius 3 is 3.00 bits per heavy atom. The first kappa shape index (κ1) is 7.93. The van der Waals surface area contributed by atoms with Gasteiger partial charge in [-0.2, -0.15) is 0 Å². The van der Waals surface area contributed by atoms with Crippen LogP contribution in [0.3, 0.4) is 0 Å². The van der Waals surface area contributed by atoms with Gasteiger partial charge in [-0.1, -0.05) is 11.3 Å². The fraction of sp³-hybridized carbons (Fsp3) is 0.200. The minimum atomic E-state index is -0.0780. The summed E-state index contributed by atoms with van der Waals surface area (Å²) in [5.41, 5.74) is 0. The van der Waals surface area contributed by atoms with Crippen LogP contribution >= 0.6 is 33.9 Å². The first-order chi connectivity index (χ1) is 4.68. The number of anilines is 1. The quantitative estimate of drug-likeness (QED) is 0.788. The molecule has 0 saturated heterocycles. The van der Waals surface area contributed by atoms with Crippen LogP contribution < -0.4 is 5.32 Å². The van der Waals surface area contributed by atoms with Crippen molar-refractivity contribution in [3.05, 3.63) is 9.08 Å². The van der Waals surface area contributed by atoms with E-state index in [1.54, 1.807) is 6.20 Å². The summed E-state index contributed by atoms with van der Waals surface area (Å²) in [5, 5.41) is 3.25.